The Balaban J connectivity index is 1.97. The van der Waals surface area contributed by atoms with Gasteiger partial charge in [0.1, 0.15) is 0 Å². The van der Waals surface area contributed by atoms with Gasteiger partial charge in [0.2, 0.25) is 0 Å². The Morgan fingerprint density at radius 1 is 1.29 bits per heavy atom. The lowest BCUT2D eigenvalue weighted by Crippen LogP contribution is -2.30. The number of hydrogen-bond acceptors (Lipinski definition) is 3. The number of hydrogen-bond donors (Lipinski definition) is 3. The first kappa shape index (κ1) is 16.7. The smallest absolute Gasteiger partial charge is 0.0564 e. The lowest BCUT2D eigenvalue weighted by Gasteiger charge is -2.39. The average molecular weight is 294 g/mol. The van der Waals surface area contributed by atoms with Crippen LogP contribution in [0.3, 0.4) is 0 Å². The summed E-state index contributed by atoms with van der Waals surface area (Å²) in [6, 6.07) is 0. The van der Waals surface area contributed by atoms with E-state index in [9.17, 15) is 15.3 Å². The molecule has 0 saturated carbocycles. The van der Waals surface area contributed by atoms with Crippen molar-refractivity contribution >= 4 is 0 Å². The fraction of sp³-hybridized carbons (Fsp3) is 0.778. The number of aliphatic hydroxyl groups excluding tert-OH is 3. The van der Waals surface area contributed by atoms with E-state index >= 15 is 0 Å². The highest BCUT2D eigenvalue weighted by molar-refractivity contribution is 5.29. The van der Waals surface area contributed by atoms with Crippen molar-refractivity contribution in [3.8, 4) is 0 Å². The van der Waals surface area contributed by atoms with E-state index in [0.29, 0.717) is 30.1 Å². The Morgan fingerprint density at radius 2 is 2.05 bits per heavy atom. The van der Waals surface area contributed by atoms with E-state index in [4.69, 9.17) is 0 Å². The van der Waals surface area contributed by atoms with E-state index in [2.05, 4.69) is 25.2 Å². The van der Waals surface area contributed by atoms with Crippen LogP contribution < -0.4 is 0 Å². The van der Waals surface area contributed by atoms with Gasteiger partial charge in [0.15, 0.2) is 0 Å². The second-order valence-corrected chi connectivity index (χ2v) is 6.99. The van der Waals surface area contributed by atoms with Crippen LogP contribution in [0.4, 0.5) is 0 Å². The molecule has 0 bridgehead atoms. The van der Waals surface area contributed by atoms with E-state index in [-0.39, 0.29) is 6.61 Å². The molecule has 0 aliphatic heterocycles. The first-order valence-electron chi connectivity index (χ1n) is 8.38. The third-order valence-corrected chi connectivity index (χ3v) is 5.17. The van der Waals surface area contributed by atoms with E-state index in [1.54, 1.807) is 6.92 Å². The minimum absolute atomic E-state index is 0.247. The van der Waals surface area contributed by atoms with Gasteiger partial charge in [-0.1, -0.05) is 25.2 Å². The Morgan fingerprint density at radius 3 is 2.71 bits per heavy atom. The molecule has 3 heteroatoms. The van der Waals surface area contributed by atoms with Gasteiger partial charge >= 0.3 is 0 Å². The van der Waals surface area contributed by atoms with Gasteiger partial charge in [-0.05, 0) is 62.4 Å². The summed E-state index contributed by atoms with van der Waals surface area (Å²) in [6.45, 7) is 4.24. The summed E-state index contributed by atoms with van der Waals surface area (Å²) in [5.41, 5.74) is 1.38. The topological polar surface area (TPSA) is 60.7 Å². The molecule has 0 saturated heterocycles. The van der Waals surface area contributed by atoms with Gasteiger partial charge in [-0.15, -0.1) is 0 Å². The van der Waals surface area contributed by atoms with E-state index in [1.165, 1.54) is 5.57 Å². The molecule has 0 amide bonds. The van der Waals surface area contributed by atoms with Crippen LogP contribution in [0.25, 0.3) is 0 Å². The van der Waals surface area contributed by atoms with Crippen LogP contribution in [0.1, 0.15) is 46.0 Å². The van der Waals surface area contributed by atoms with Crippen molar-refractivity contribution in [1.82, 2.24) is 0 Å². The Hall–Kier alpha value is -0.640. The molecule has 0 spiro atoms. The van der Waals surface area contributed by atoms with Gasteiger partial charge < -0.3 is 15.3 Å². The highest BCUT2D eigenvalue weighted by Gasteiger charge is 2.33. The molecule has 3 nitrogen and oxygen atoms in total. The molecule has 21 heavy (non-hydrogen) atoms. The lowest BCUT2D eigenvalue weighted by atomic mass is 9.66. The van der Waals surface area contributed by atoms with Gasteiger partial charge in [0.05, 0.1) is 12.2 Å². The Labute approximate surface area is 128 Å². The van der Waals surface area contributed by atoms with Crippen molar-refractivity contribution in [2.45, 2.75) is 58.2 Å². The summed E-state index contributed by atoms with van der Waals surface area (Å²) in [5.74, 6) is 2.00. The molecule has 0 radical (unpaired) electrons. The largest absolute Gasteiger partial charge is 0.396 e. The van der Waals surface area contributed by atoms with Gasteiger partial charge in [-0.3, -0.25) is 0 Å². The molecule has 3 N–H and O–H groups in total. The predicted octanol–water partition coefficient (Wildman–Crippen LogP) is 2.67. The molecule has 0 heterocycles. The monoisotopic (exact) mass is 294 g/mol. The van der Waals surface area contributed by atoms with Gasteiger partial charge in [0, 0.05) is 12.5 Å². The fourth-order valence-corrected chi connectivity index (χ4v) is 3.96. The fourth-order valence-electron chi connectivity index (χ4n) is 3.96. The molecule has 0 aromatic carbocycles. The summed E-state index contributed by atoms with van der Waals surface area (Å²) in [7, 11) is 0. The second kappa shape index (κ2) is 7.57. The normalized spacial score (nSPS) is 35.0. The molecule has 0 aromatic heterocycles. The van der Waals surface area contributed by atoms with Crippen molar-refractivity contribution < 1.29 is 15.3 Å². The third kappa shape index (κ3) is 4.41. The number of fused-ring (bicyclic) bond motifs is 1. The van der Waals surface area contributed by atoms with Crippen molar-refractivity contribution in [3.63, 3.8) is 0 Å². The Kier molecular flexibility index (Phi) is 6.03. The molecular weight excluding hydrogens is 264 g/mol. The van der Waals surface area contributed by atoms with Crippen molar-refractivity contribution in [1.29, 1.82) is 0 Å². The maximum absolute atomic E-state index is 9.99. The van der Waals surface area contributed by atoms with Crippen LogP contribution in [0.15, 0.2) is 23.8 Å². The predicted molar refractivity (Wildman–Crippen MR) is 84.7 cm³/mol. The molecule has 2 rings (SSSR count). The van der Waals surface area contributed by atoms with Gasteiger partial charge in [-0.25, -0.2) is 0 Å². The van der Waals surface area contributed by atoms with Crippen molar-refractivity contribution in [2.24, 2.45) is 23.7 Å². The zero-order chi connectivity index (χ0) is 15.4. The molecule has 0 aromatic rings. The quantitative estimate of drug-likeness (QED) is 0.706. The molecule has 0 fully saturated rings. The number of aliphatic hydroxyl groups is 3. The zero-order valence-electron chi connectivity index (χ0n) is 13.3. The minimum atomic E-state index is -0.431. The summed E-state index contributed by atoms with van der Waals surface area (Å²) in [5, 5.41) is 28.7. The van der Waals surface area contributed by atoms with Crippen LogP contribution in [0.2, 0.25) is 0 Å². The molecule has 2 aliphatic rings. The third-order valence-electron chi connectivity index (χ3n) is 5.17. The molecular formula is C18H30O3. The number of rotatable bonds is 6. The summed E-state index contributed by atoms with van der Waals surface area (Å²) < 4.78 is 0. The van der Waals surface area contributed by atoms with Crippen LogP contribution in [0.5, 0.6) is 0 Å². The van der Waals surface area contributed by atoms with Crippen LogP contribution >= 0.6 is 0 Å². The minimum Gasteiger partial charge on any atom is -0.396 e. The number of allylic oxidation sites excluding steroid dienone is 3. The summed E-state index contributed by atoms with van der Waals surface area (Å²) >= 11 is 0. The summed E-state index contributed by atoms with van der Waals surface area (Å²) in [6.07, 6.45) is 10.4. The zero-order valence-corrected chi connectivity index (χ0v) is 13.3. The molecule has 2 aliphatic carbocycles. The molecule has 120 valence electrons. The van der Waals surface area contributed by atoms with Crippen LogP contribution in [-0.4, -0.2) is 34.1 Å². The highest BCUT2D eigenvalue weighted by Crippen LogP contribution is 2.43. The van der Waals surface area contributed by atoms with E-state index < -0.39 is 12.2 Å². The highest BCUT2D eigenvalue weighted by atomic mass is 16.3. The molecule has 6 atom stereocenters. The first-order chi connectivity index (χ1) is 10.0. The summed E-state index contributed by atoms with van der Waals surface area (Å²) in [4.78, 5) is 0. The first-order valence-corrected chi connectivity index (χ1v) is 8.38. The second-order valence-electron chi connectivity index (χ2n) is 6.99. The lowest BCUT2D eigenvalue weighted by molar-refractivity contribution is 0.0753. The maximum atomic E-state index is 9.99. The van der Waals surface area contributed by atoms with E-state index in [1.807, 2.05) is 0 Å². The van der Waals surface area contributed by atoms with Crippen molar-refractivity contribution in [3.05, 3.63) is 23.8 Å². The Bertz CT molecular complexity index is 386. The average Bonchev–Trinajstić information content (AvgIpc) is 2.45. The van der Waals surface area contributed by atoms with Gasteiger partial charge in [-0.2, -0.15) is 0 Å². The van der Waals surface area contributed by atoms with Crippen molar-refractivity contribution in [2.75, 3.05) is 6.61 Å². The van der Waals surface area contributed by atoms with Gasteiger partial charge in [0.25, 0.3) is 0 Å². The standard InChI is InChI=1S/C18H30O3/c1-12-3-5-15-10-14(11-19)4-7-18(15)17(12)8-6-16(21)9-13(2)20/h3,5,10,12-14,16-21H,4,6-9,11H2,1-2H3/t12-,13-,14?,16-,17-,18-/m0/s1. The molecule has 1 unspecified atom stereocenters. The SMILES string of the molecule is C[C@H](O)C[C@@H](O)CC[C@H]1[C@@H](C)C=CC2=CC(CO)CC[C@@H]21. The van der Waals surface area contributed by atoms with Crippen LogP contribution in [0, 0.1) is 23.7 Å². The maximum Gasteiger partial charge on any atom is 0.0564 e. The van der Waals surface area contributed by atoms with E-state index in [0.717, 1.165) is 25.7 Å². The van der Waals surface area contributed by atoms with Crippen LogP contribution in [-0.2, 0) is 0 Å².